The smallest absolute Gasteiger partial charge is 0.251 e. The van der Waals surface area contributed by atoms with Gasteiger partial charge in [-0.05, 0) is 45.2 Å². The van der Waals surface area contributed by atoms with Crippen molar-refractivity contribution in [2.75, 3.05) is 33.2 Å². The second-order valence-corrected chi connectivity index (χ2v) is 7.01. The zero-order valence-corrected chi connectivity index (χ0v) is 14.0. The third kappa shape index (κ3) is 3.99. The SMILES string of the molecule is Cc1nc(C2CCN(CC3CCC(=O)N(C)C3)CC2)cc(=O)[nH]1. The fraction of sp³-hybridized carbons (Fsp3) is 0.706. The van der Waals surface area contributed by atoms with Gasteiger partial charge in [-0.2, -0.15) is 0 Å². The van der Waals surface area contributed by atoms with Crippen molar-refractivity contribution in [3.63, 3.8) is 0 Å². The highest BCUT2D eigenvalue weighted by Crippen LogP contribution is 2.27. The number of nitrogens with zero attached hydrogens (tertiary/aromatic N) is 3. The molecule has 1 unspecified atom stereocenters. The van der Waals surface area contributed by atoms with Crippen molar-refractivity contribution in [2.45, 2.75) is 38.5 Å². The monoisotopic (exact) mass is 318 g/mol. The molecule has 2 aliphatic rings. The number of hydrogen-bond acceptors (Lipinski definition) is 4. The van der Waals surface area contributed by atoms with Crippen LogP contribution in [-0.2, 0) is 4.79 Å². The first-order valence-corrected chi connectivity index (χ1v) is 8.55. The molecule has 0 bridgehead atoms. The normalized spacial score (nSPS) is 24.2. The summed E-state index contributed by atoms with van der Waals surface area (Å²) in [5, 5.41) is 0. The van der Waals surface area contributed by atoms with E-state index in [9.17, 15) is 9.59 Å². The Morgan fingerprint density at radius 3 is 2.65 bits per heavy atom. The average molecular weight is 318 g/mol. The number of H-pyrrole nitrogens is 1. The highest BCUT2D eigenvalue weighted by molar-refractivity contribution is 5.76. The van der Waals surface area contributed by atoms with Crippen LogP contribution in [-0.4, -0.2) is 58.9 Å². The zero-order valence-electron chi connectivity index (χ0n) is 14.0. The van der Waals surface area contributed by atoms with Crippen LogP contribution >= 0.6 is 0 Å². The average Bonchev–Trinajstić information content (AvgIpc) is 2.51. The van der Waals surface area contributed by atoms with Crippen LogP contribution in [0, 0.1) is 12.8 Å². The number of rotatable bonds is 3. The van der Waals surface area contributed by atoms with E-state index in [0.717, 1.165) is 51.1 Å². The summed E-state index contributed by atoms with van der Waals surface area (Å²) in [5.41, 5.74) is 0.888. The lowest BCUT2D eigenvalue weighted by Gasteiger charge is -2.37. The molecule has 23 heavy (non-hydrogen) atoms. The van der Waals surface area contributed by atoms with E-state index >= 15 is 0 Å². The van der Waals surface area contributed by atoms with Crippen molar-refractivity contribution in [3.8, 4) is 0 Å². The maximum Gasteiger partial charge on any atom is 0.251 e. The van der Waals surface area contributed by atoms with Crippen LogP contribution in [0.3, 0.4) is 0 Å². The minimum atomic E-state index is -0.0511. The lowest BCUT2D eigenvalue weighted by Crippen LogP contribution is -2.44. The summed E-state index contributed by atoms with van der Waals surface area (Å²) in [6.07, 6.45) is 3.81. The Balaban J connectivity index is 1.52. The van der Waals surface area contributed by atoms with E-state index in [1.807, 2.05) is 18.9 Å². The molecule has 3 rings (SSSR count). The molecule has 2 fully saturated rings. The molecule has 6 heteroatoms. The summed E-state index contributed by atoms with van der Waals surface area (Å²) < 4.78 is 0. The molecule has 0 saturated carbocycles. The Labute approximate surface area is 136 Å². The van der Waals surface area contributed by atoms with Crippen LogP contribution in [0.15, 0.2) is 10.9 Å². The number of carbonyl (C=O) groups excluding carboxylic acids is 1. The molecule has 0 aliphatic carbocycles. The quantitative estimate of drug-likeness (QED) is 0.907. The second kappa shape index (κ2) is 6.83. The van der Waals surface area contributed by atoms with Crippen molar-refractivity contribution in [1.29, 1.82) is 0 Å². The van der Waals surface area contributed by atoms with E-state index in [4.69, 9.17) is 0 Å². The third-order valence-corrected chi connectivity index (χ3v) is 5.13. The predicted molar refractivity (Wildman–Crippen MR) is 88.4 cm³/mol. The van der Waals surface area contributed by atoms with Gasteiger partial charge >= 0.3 is 0 Å². The highest BCUT2D eigenvalue weighted by Gasteiger charge is 2.27. The molecule has 1 N–H and O–H groups in total. The summed E-state index contributed by atoms with van der Waals surface area (Å²) in [6.45, 7) is 5.89. The lowest BCUT2D eigenvalue weighted by atomic mass is 9.91. The van der Waals surface area contributed by atoms with Crippen molar-refractivity contribution in [1.82, 2.24) is 19.8 Å². The Hall–Kier alpha value is -1.69. The molecular weight excluding hydrogens is 292 g/mol. The first-order valence-electron chi connectivity index (χ1n) is 8.55. The van der Waals surface area contributed by atoms with E-state index in [0.29, 0.717) is 24.1 Å². The minimum absolute atomic E-state index is 0.0511. The molecule has 126 valence electrons. The van der Waals surface area contributed by atoms with Crippen LogP contribution in [0.4, 0.5) is 0 Å². The molecule has 0 spiro atoms. The molecule has 0 radical (unpaired) electrons. The van der Waals surface area contributed by atoms with Gasteiger partial charge in [-0.15, -0.1) is 0 Å². The number of hydrogen-bond donors (Lipinski definition) is 1. The number of amides is 1. The third-order valence-electron chi connectivity index (χ3n) is 5.13. The summed E-state index contributed by atoms with van der Waals surface area (Å²) in [5.74, 6) is 1.96. The zero-order chi connectivity index (χ0) is 16.4. The number of likely N-dealkylation sites (tertiary alicyclic amines) is 2. The predicted octanol–water partition coefficient (Wildman–Crippen LogP) is 1.13. The topological polar surface area (TPSA) is 69.3 Å². The molecule has 1 aromatic rings. The number of nitrogens with one attached hydrogen (secondary N) is 1. The number of piperidine rings is 2. The standard InChI is InChI=1S/C17H26N4O2/c1-12-18-15(9-16(22)19-12)14-5-7-21(8-6-14)11-13-3-4-17(23)20(2)10-13/h9,13-14H,3-8,10-11H2,1-2H3,(H,18,19,22). The Kier molecular flexibility index (Phi) is 4.80. The largest absolute Gasteiger partial charge is 0.345 e. The first-order chi connectivity index (χ1) is 11.0. The Morgan fingerprint density at radius 2 is 2.00 bits per heavy atom. The Bertz CT molecular complexity index is 619. The van der Waals surface area contributed by atoms with Crippen molar-refractivity contribution in [2.24, 2.45) is 5.92 Å². The van der Waals surface area contributed by atoms with Gasteiger partial charge in [0.15, 0.2) is 0 Å². The molecular formula is C17H26N4O2. The van der Waals surface area contributed by atoms with Crippen LogP contribution in [0.2, 0.25) is 0 Å². The number of carbonyl (C=O) groups is 1. The molecule has 0 aromatic carbocycles. The van der Waals surface area contributed by atoms with E-state index < -0.39 is 0 Å². The van der Waals surface area contributed by atoms with Crippen LogP contribution in [0.25, 0.3) is 0 Å². The van der Waals surface area contributed by atoms with Gasteiger partial charge in [-0.25, -0.2) is 4.98 Å². The molecule has 2 saturated heterocycles. The number of aromatic amines is 1. The van der Waals surface area contributed by atoms with Crippen LogP contribution < -0.4 is 5.56 Å². The van der Waals surface area contributed by atoms with Gasteiger partial charge in [-0.3, -0.25) is 9.59 Å². The number of aryl methyl sites for hydroxylation is 1. The molecule has 1 amide bonds. The lowest BCUT2D eigenvalue weighted by molar-refractivity contribution is -0.133. The second-order valence-electron chi connectivity index (χ2n) is 7.01. The molecule has 1 aromatic heterocycles. The van der Waals surface area contributed by atoms with Gasteiger partial charge in [-0.1, -0.05) is 0 Å². The van der Waals surface area contributed by atoms with Crippen LogP contribution in [0.1, 0.15) is 43.1 Å². The molecule has 3 heterocycles. The van der Waals surface area contributed by atoms with Gasteiger partial charge in [0.2, 0.25) is 5.91 Å². The molecule has 6 nitrogen and oxygen atoms in total. The fourth-order valence-corrected chi connectivity index (χ4v) is 3.84. The van der Waals surface area contributed by atoms with Crippen molar-refractivity contribution in [3.05, 3.63) is 27.9 Å². The first kappa shape index (κ1) is 16.2. The highest BCUT2D eigenvalue weighted by atomic mass is 16.2. The maximum atomic E-state index is 11.6. The van der Waals surface area contributed by atoms with Crippen molar-refractivity contribution < 1.29 is 4.79 Å². The van der Waals surface area contributed by atoms with E-state index in [1.54, 1.807) is 6.07 Å². The van der Waals surface area contributed by atoms with E-state index in [1.165, 1.54) is 0 Å². The summed E-state index contributed by atoms with van der Waals surface area (Å²) in [7, 11) is 1.90. The maximum absolute atomic E-state index is 11.6. The minimum Gasteiger partial charge on any atom is -0.345 e. The van der Waals surface area contributed by atoms with Crippen LogP contribution in [0.5, 0.6) is 0 Å². The fourth-order valence-electron chi connectivity index (χ4n) is 3.84. The summed E-state index contributed by atoms with van der Waals surface area (Å²) >= 11 is 0. The molecule has 1 atom stereocenters. The van der Waals surface area contributed by atoms with Gasteiger partial charge in [0.1, 0.15) is 5.82 Å². The van der Waals surface area contributed by atoms with Gasteiger partial charge in [0.05, 0.1) is 5.69 Å². The summed E-state index contributed by atoms with van der Waals surface area (Å²) in [6, 6.07) is 1.65. The van der Waals surface area contributed by atoms with Gasteiger partial charge in [0.25, 0.3) is 5.56 Å². The number of aromatic nitrogens is 2. The Morgan fingerprint density at radius 1 is 1.26 bits per heavy atom. The van der Waals surface area contributed by atoms with Gasteiger partial charge in [0, 0.05) is 38.5 Å². The van der Waals surface area contributed by atoms with E-state index in [-0.39, 0.29) is 11.5 Å². The van der Waals surface area contributed by atoms with E-state index in [2.05, 4.69) is 14.9 Å². The molecule has 2 aliphatic heterocycles. The van der Waals surface area contributed by atoms with Crippen molar-refractivity contribution >= 4 is 5.91 Å². The summed E-state index contributed by atoms with van der Waals surface area (Å²) in [4.78, 5) is 34.7. The van der Waals surface area contributed by atoms with Gasteiger partial charge < -0.3 is 14.8 Å².